The Labute approximate surface area is 95.8 Å². The van der Waals surface area contributed by atoms with Crippen molar-refractivity contribution >= 4 is 5.69 Å². The minimum absolute atomic E-state index is 0.183. The van der Waals surface area contributed by atoms with E-state index in [-0.39, 0.29) is 5.82 Å². The molecule has 1 aromatic rings. The van der Waals surface area contributed by atoms with E-state index in [9.17, 15) is 4.39 Å². The number of ether oxygens (including phenoxy) is 1. The van der Waals surface area contributed by atoms with Crippen molar-refractivity contribution in [1.29, 1.82) is 0 Å². The second-order valence-electron chi connectivity index (χ2n) is 4.33. The van der Waals surface area contributed by atoms with Gasteiger partial charge in [-0.1, -0.05) is 0 Å². The van der Waals surface area contributed by atoms with Crippen LogP contribution in [-0.2, 0) is 4.74 Å². The molecule has 0 radical (unpaired) electrons. The monoisotopic (exact) mass is 223 g/mol. The van der Waals surface area contributed by atoms with E-state index in [1.165, 1.54) is 18.9 Å². The first-order valence-electron chi connectivity index (χ1n) is 5.87. The van der Waals surface area contributed by atoms with Crippen LogP contribution in [0.15, 0.2) is 18.2 Å². The Morgan fingerprint density at radius 2 is 2.31 bits per heavy atom. The zero-order chi connectivity index (χ0) is 11.4. The Hall–Kier alpha value is -1.09. The van der Waals surface area contributed by atoms with Gasteiger partial charge in [-0.25, -0.2) is 4.39 Å². The van der Waals surface area contributed by atoms with Crippen molar-refractivity contribution in [3.63, 3.8) is 0 Å². The van der Waals surface area contributed by atoms with E-state index in [1.807, 2.05) is 6.92 Å². The summed E-state index contributed by atoms with van der Waals surface area (Å²) in [5.74, 6) is -0.183. The van der Waals surface area contributed by atoms with Gasteiger partial charge in [0, 0.05) is 18.8 Å². The van der Waals surface area contributed by atoms with Crippen molar-refractivity contribution in [2.24, 2.45) is 0 Å². The number of nitrogens with one attached hydrogen (secondary N) is 1. The summed E-state index contributed by atoms with van der Waals surface area (Å²) < 4.78 is 18.5. The van der Waals surface area contributed by atoms with E-state index in [0.29, 0.717) is 6.10 Å². The number of anilines is 1. The molecule has 16 heavy (non-hydrogen) atoms. The molecule has 0 spiro atoms. The molecule has 1 fully saturated rings. The first-order chi connectivity index (χ1) is 7.75. The molecule has 1 aliphatic heterocycles. The average molecular weight is 223 g/mol. The number of hydrogen-bond acceptors (Lipinski definition) is 2. The van der Waals surface area contributed by atoms with Gasteiger partial charge in [-0.3, -0.25) is 0 Å². The lowest BCUT2D eigenvalue weighted by atomic mass is 10.1. The summed E-state index contributed by atoms with van der Waals surface area (Å²) >= 11 is 0. The van der Waals surface area contributed by atoms with Crippen LogP contribution >= 0.6 is 0 Å². The van der Waals surface area contributed by atoms with Crippen LogP contribution in [0.3, 0.4) is 0 Å². The molecule has 2 rings (SSSR count). The summed E-state index contributed by atoms with van der Waals surface area (Å²) in [5.41, 5.74) is 1.94. The molecule has 1 saturated heterocycles. The lowest BCUT2D eigenvalue weighted by Crippen LogP contribution is -2.27. The minimum atomic E-state index is -0.183. The topological polar surface area (TPSA) is 21.3 Å². The second kappa shape index (κ2) is 5.30. The van der Waals surface area contributed by atoms with E-state index in [0.717, 1.165) is 30.8 Å². The normalized spacial score (nSPS) is 20.8. The van der Waals surface area contributed by atoms with E-state index in [4.69, 9.17) is 4.74 Å². The molecule has 0 amide bonds. The van der Waals surface area contributed by atoms with Gasteiger partial charge in [0.25, 0.3) is 0 Å². The van der Waals surface area contributed by atoms with E-state index in [1.54, 1.807) is 12.1 Å². The Morgan fingerprint density at radius 1 is 1.44 bits per heavy atom. The Bertz CT molecular complexity index is 348. The highest BCUT2D eigenvalue weighted by molar-refractivity contribution is 5.50. The van der Waals surface area contributed by atoms with E-state index < -0.39 is 0 Å². The van der Waals surface area contributed by atoms with Crippen LogP contribution in [0, 0.1) is 12.7 Å². The van der Waals surface area contributed by atoms with Crippen molar-refractivity contribution in [3.8, 4) is 0 Å². The molecule has 0 aromatic heterocycles. The summed E-state index contributed by atoms with van der Waals surface area (Å²) in [6.45, 7) is 3.59. The molecule has 0 aliphatic carbocycles. The summed E-state index contributed by atoms with van der Waals surface area (Å²) in [4.78, 5) is 0. The Morgan fingerprint density at radius 3 is 3.00 bits per heavy atom. The summed E-state index contributed by atoms with van der Waals surface area (Å²) in [7, 11) is 0. The highest BCUT2D eigenvalue weighted by atomic mass is 19.1. The van der Waals surface area contributed by atoms with Gasteiger partial charge in [0.1, 0.15) is 5.82 Å². The van der Waals surface area contributed by atoms with Crippen molar-refractivity contribution in [2.75, 3.05) is 18.5 Å². The van der Waals surface area contributed by atoms with Gasteiger partial charge in [0.15, 0.2) is 0 Å². The van der Waals surface area contributed by atoms with Crippen LogP contribution in [0.1, 0.15) is 24.8 Å². The fourth-order valence-electron chi connectivity index (χ4n) is 2.02. The van der Waals surface area contributed by atoms with Crippen LogP contribution < -0.4 is 5.32 Å². The SMILES string of the molecule is Cc1cc(F)ccc1NCC1CCCCO1. The molecule has 88 valence electrons. The van der Waals surface area contributed by atoms with Crippen molar-refractivity contribution < 1.29 is 9.13 Å². The molecule has 1 heterocycles. The molecule has 1 N–H and O–H groups in total. The molecular weight excluding hydrogens is 205 g/mol. The maximum absolute atomic E-state index is 12.9. The summed E-state index contributed by atoms with van der Waals surface area (Å²) in [5, 5.41) is 3.32. The summed E-state index contributed by atoms with van der Waals surface area (Å²) in [6.07, 6.45) is 3.84. The molecule has 0 bridgehead atoms. The molecule has 0 saturated carbocycles. The molecule has 1 aromatic carbocycles. The van der Waals surface area contributed by atoms with Crippen molar-refractivity contribution in [3.05, 3.63) is 29.6 Å². The lowest BCUT2D eigenvalue weighted by Gasteiger charge is -2.23. The highest BCUT2D eigenvalue weighted by Gasteiger charge is 2.13. The molecule has 1 atom stereocenters. The first-order valence-corrected chi connectivity index (χ1v) is 5.87. The fourth-order valence-corrected chi connectivity index (χ4v) is 2.02. The van der Waals surface area contributed by atoms with Gasteiger partial charge in [-0.2, -0.15) is 0 Å². The van der Waals surface area contributed by atoms with Gasteiger partial charge in [-0.15, -0.1) is 0 Å². The smallest absolute Gasteiger partial charge is 0.123 e. The Kier molecular flexibility index (Phi) is 3.78. The molecule has 2 nitrogen and oxygen atoms in total. The van der Waals surface area contributed by atoms with Crippen molar-refractivity contribution in [1.82, 2.24) is 0 Å². The molecular formula is C13H18FNO. The van der Waals surface area contributed by atoms with E-state index in [2.05, 4.69) is 5.32 Å². The molecule has 3 heteroatoms. The third-order valence-electron chi connectivity index (χ3n) is 2.98. The van der Waals surface area contributed by atoms with Crippen LogP contribution in [0.25, 0.3) is 0 Å². The number of rotatable bonds is 3. The average Bonchev–Trinajstić information content (AvgIpc) is 2.29. The van der Waals surface area contributed by atoms with Crippen LogP contribution in [0.4, 0.5) is 10.1 Å². The maximum Gasteiger partial charge on any atom is 0.123 e. The van der Waals surface area contributed by atoms with Gasteiger partial charge in [0.2, 0.25) is 0 Å². The van der Waals surface area contributed by atoms with Crippen LogP contribution in [0.5, 0.6) is 0 Å². The Balaban J connectivity index is 1.88. The zero-order valence-electron chi connectivity index (χ0n) is 9.63. The van der Waals surface area contributed by atoms with E-state index >= 15 is 0 Å². The molecule has 1 aliphatic rings. The quantitative estimate of drug-likeness (QED) is 0.850. The molecule has 1 unspecified atom stereocenters. The third-order valence-corrected chi connectivity index (χ3v) is 2.98. The van der Waals surface area contributed by atoms with Crippen LogP contribution in [0.2, 0.25) is 0 Å². The lowest BCUT2D eigenvalue weighted by molar-refractivity contribution is 0.0247. The van der Waals surface area contributed by atoms with Crippen LogP contribution in [-0.4, -0.2) is 19.3 Å². The largest absolute Gasteiger partial charge is 0.382 e. The number of aryl methyl sites for hydroxylation is 1. The van der Waals surface area contributed by atoms with Gasteiger partial charge >= 0.3 is 0 Å². The predicted octanol–water partition coefficient (Wildman–Crippen LogP) is 3.12. The zero-order valence-corrected chi connectivity index (χ0v) is 9.63. The second-order valence-corrected chi connectivity index (χ2v) is 4.33. The van der Waals surface area contributed by atoms with Gasteiger partial charge in [0.05, 0.1) is 6.10 Å². The van der Waals surface area contributed by atoms with Crippen molar-refractivity contribution in [2.45, 2.75) is 32.3 Å². The van der Waals surface area contributed by atoms with Gasteiger partial charge < -0.3 is 10.1 Å². The number of hydrogen-bond donors (Lipinski definition) is 1. The number of benzene rings is 1. The predicted molar refractivity (Wildman–Crippen MR) is 63.2 cm³/mol. The first kappa shape index (κ1) is 11.4. The maximum atomic E-state index is 12.9. The summed E-state index contributed by atoms with van der Waals surface area (Å²) in [6, 6.07) is 4.81. The number of halogens is 1. The third kappa shape index (κ3) is 2.95. The highest BCUT2D eigenvalue weighted by Crippen LogP contribution is 2.18. The minimum Gasteiger partial charge on any atom is -0.382 e. The standard InChI is InChI=1S/C13H18FNO/c1-10-8-11(14)5-6-13(10)15-9-12-4-2-3-7-16-12/h5-6,8,12,15H,2-4,7,9H2,1H3. The fraction of sp³-hybridized carbons (Fsp3) is 0.538. The van der Waals surface area contributed by atoms with Gasteiger partial charge in [-0.05, 0) is 49.9 Å².